The number of nitrogens with zero attached hydrogens (tertiary/aromatic N) is 1. The van der Waals surface area contributed by atoms with Gasteiger partial charge in [-0.3, -0.25) is 9.59 Å². The molecule has 304 valence electrons. The summed E-state index contributed by atoms with van der Waals surface area (Å²) in [6.45, 7) is 4.58. The van der Waals surface area contributed by atoms with E-state index in [1.807, 2.05) is 27.2 Å². The number of ether oxygens (including phenoxy) is 3. The minimum absolute atomic E-state index is 0.0369. The number of aliphatic carboxylic acids is 1. The lowest BCUT2D eigenvalue weighted by Gasteiger charge is -2.31. The summed E-state index contributed by atoms with van der Waals surface area (Å²) >= 11 is 0. The Labute approximate surface area is 324 Å². The fourth-order valence-electron chi connectivity index (χ4n) is 5.62. The molecule has 2 unspecified atom stereocenters. The van der Waals surface area contributed by atoms with Gasteiger partial charge in [-0.2, -0.15) is 0 Å². The third kappa shape index (κ3) is 34.5. The second-order valence-electron chi connectivity index (χ2n) is 14.9. The molecule has 0 spiro atoms. The van der Waals surface area contributed by atoms with Crippen molar-refractivity contribution >= 4 is 17.9 Å². The maximum Gasteiger partial charge on any atom is 0.362 e. The summed E-state index contributed by atoms with van der Waals surface area (Å²) in [7, 11) is 5.49. The molecule has 0 saturated heterocycles. The monoisotopic (exact) mass is 745 g/mol. The van der Waals surface area contributed by atoms with Gasteiger partial charge < -0.3 is 23.8 Å². The van der Waals surface area contributed by atoms with Crippen LogP contribution in [0.5, 0.6) is 0 Å². The molecule has 8 heteroatoms. The predicted molar refractivity (Wildman–Crippen MR) is 220 cm³/mol. The largest absolute Gasteiger partial charge is 0.477 e. The number of unbranched alkanes of at least 4 members (excludes halogenated alkanes) is 12. The van der Waals surface area contributed by atoms with E-state index in [1.165, 1.54) is 44.9 Å². The molecule has 0 rings (SSSR count). The molecule has 53 heavy (non-hydrogen) atoms. The van der Waals surface area contributed by atoms with Crippen molar-refractivity contribution in [2.75, 3.05) is 41.0 Å². The number of carboxylic acids is 1. The first-order valence-electron chi connectivity index (χ1n) is 20.8. The summed E-state index contributed by atoms with van der Waals surface area (Å²) < 4.78 is 17.1. The maximum atomic E-state index is 12.6. The zero-order valence-corrected chi connectivity index (χ0v) is 34.4. The first-order chi connectivity index (χ1) is 25.6. The molecule has 0 aliphatic heterocycles. The number of rotatable bonds is 36. The Hall–Kier alpha value is -2.97. The van der Waals surface area contributed by atoms with Gasteiger partial charge in [0.25, 0.3) is 0 Å². The summed E-state index contributed by atoms with van der Waals surface area (Å²) in [6.07, 6.45) is 42.9. The van der Waals surface area contributed by atoms with Crippen molar-refractivity contribution in [3.63, 3.8) is 0 Å². The number of carbonyl (C=O) groups excluding carboxylic acids is 2. The van der Waals surface area contributed by atoms with Gasteiger partial charge in [0, 0.05) is 19.3 Å². The SMILES string of the molecule is CCCCC/C=C/C/C=C/C/C=C/C/C=C/CCCCCCCC(=O)OCC(COCCC(C(=O)O)[N+](C)(C)C)OC(=O)CC/C=C/CCCCCC. The van der Waals surface area contributed by atoms with Crippen LogP contribution < -0.4 is 0 Å². The zero-order valence-electron chi connectivity index (χ0n) is 34.4. The quantitative estimate of drug-likeness (QED) is 0.0295. The van der Waals surface area contributed by atoms with E-state index in [9.17, 15) is 19.5 Å². The van der Waals surface area contributed by atoms with Crippen LogP contribution in [0, 0.1) is 0 Å². The normalized spacial score (nSPS) is 13.6. The van der Waals surface area contributed by atoms with E-state index < -0.39 is 18.1 Å². The first-order valence-corrected chi connectivity index (χ1v) is 20.8. The number of hydrogen-bond acceptors (Lipinski definition) is 6. The van der Waals surface area contributed by atoms with E-state index in [4.69, 9.17) is 14.2 Å². The fourth-order valence-corrected chi connectivity index (χ4v) is 5.62. The summed E-state index contributed by atoms with van der Waals surface area (Å²) in [6, 6.07) is -0.623. The Morgan fingerprint density at radius 1 is 0.566 bits per heavy atom. The molecule has 0 aromatic carbocycles. The summed E-state index contributed by atoms with van der Waals surface area (Å²) in [5.41, 5.74) is 0. The topological polar surface area (TPSA) is 99.1 Å². The fraction of sp³-hybridized carbons (Fsp3) is 0.711. The number of likely N-dealkylation sites (N-methyl/N-ethyl adjacent to an activating group) is 1. The highest BCUT2D eigenvalue weighted by Crippen LogP contribution is 2.12. The van der Waals surface area contributed by atoms with Crippen molar-refractivity contribution < 1.29 is 38.2 Å². The minimum Gasteiger partial charge on any atom is -0.477 e. The molecule has 2 atom stereocenters. The van der Waals surface area contributed by atoms with Crippen molar-refractivity contribution in [1.29, 1.82) is 0 Å². The molecule has 0 bridgehead atoms. The summed E-state index contributed by atoms with van der Waals surface area (Å²) in [4.78, 5) is 36.7. The van der Waals surface area contributed by atoms with E-state index in [1.54, 1.807) is 0 Å². The lowest BCUT2D eigenvalue weighted by atomic mass is 10.1. The van der Waals surface area contributed by atoms with Crippen molar-refractivity contribution in [3.05, 3.63) is 60.8 Å². The number of carboxylic acid groups (broad SMARTS) is 1. The van der Waals surface area contributed by atoms with Gasteiger partial charge in [-0.05, 0) is 70.6 Å². The summed E-state index contributed by atoms with van der Waals surface area (Å²) in [5, 5.41) is 9.58. The van der Waals surface area contributed by atoms with E-state index in [2.05, 4.69) is 68.5 Å². The molecule has 1 N–H and O–H groups in total. The molecular weight excluding hydrogens is 666 g/mol. The highest BCUT2D eigenvalue weighted by atomic mass is 16.6. The van der Waals surface area contributed by atoms with E-state index in [0.29, 0.717) is 19.3 Å². The zero-order chi connectivity index (χ0) is 39.3. The number of quaternary nitrogens is 1. The van der Waals surface area contributed by atoms with Gasteiger partial charge >= 0.3 is 17.9 Å². The van der Waals surface area contributed by atoms with Crippen LogP contribution in [0.25, 0.3) is 0 Å². The molecule has 0 aliphatic carbocycles. The van der Waals surface area contributed by atoms with E-state index >= 15 is 0 Å². The Morgan fingerprint density at radius 3 is 1.60 bits per heavy atom. The Kier molecular flexibility index (Phi) is 34.0. The van der Waals surface area contributed by atoms with Crippen molar-refractivity contribution in [3.8, 4) is 0 Å². The molecule has 0 aromatic heterocycles. The lowest BCUT2D eigenvalue weighted by Crippen LogP contribution is -2.50. The molecule has 0 aromatic rings. The Morgan fingerprint density at radius 2 is 1.04 bits per heavy atom. The van der Waals surface area contributed by atoms with Gasteiger partial charge in [0.1, 0.15) is 6.61 Å². The van der Waals surface area contributed by atoms with Crippen LogP contribution in [-0.4, -0.2) is 80.6 Å². The molecule has 0 saturated carbocycles. The maximum absolute atomic E-state index is 12.6. The number of carbonyl (C=O) groups is 3. The minimum atomic E-state index is -0.886. The number of esters is 2. The van der Waals surface area contributed by atoms with Gasteiger partial charge in [-0.1, -0.05) is 126 Å². The van der Waals surface area contributed by atoms with Crippen LogP contribution in [0.4, 0.5) is 0 Å². The standard InChI is InChI=1S/C45H77NO7/c1-6-8-10-12-14-16-17-18-19-20-21-22-23-24-25-26-27-28-30-31-33-35-43(47)52-40-41(39-51-38-37-42(45(49)50)46(3,4)5)53-44(48)36-34-32-29-15-13-11-9-7-2/h14,16,18-19,21-22,24-25,29,32,41-42H,6-13,15,17,20,23,26-28,30-31,33-40H2,1-5H3/p+1/b16-14+,19-18+,22-21+,25-24+,32-29+. The molecule has 8 nitrogen and oxygen atoms in total. The van der Waals surface area contributed by atoms with Gasteiger partial charge in [-0.15, -0.1) is 0 Å². The van der Waals surface area contributed by atoms with Crippen LogP contribution in [0.1, 0.15) is 155 Å². The van der Waals surface area contributed by atoms with Crippen LogP contribution in [0.15, 0.2) is 60.8 Å². The van der Waals surface area contributed by atoms with Crippen LogP contribution >= 0.6 is 0 Å². The smallest absolute Gasteiger partial charge is 0.362 e. The van der Waals surface area contributed by atoms with Gasteiger partial charge in [0.05, 0.1) is 34.4 Å². The van der Waals surface area contributed by atoms with Gasteiger partial charge in [0.15, 0.2) is 12.1 Å². The highest BCUT2D eigenvalue weighted by Gasteiger charge is 2.31. The molecule has 0 aliphatic rings. The predicted octanol–water partition coefficient (Wildman–Crippen LogP) is 11.0. The summed E-state index contributed by atoms with van der Waals surface area (Å²) in [5.74, 6) is -1.57. The molecule has 0 radical (unpaired) electrons. The van der Waals surface area contributed by atoms with Crippen LogP contribution in [-0.2, 0) is 28.6 Å². The highest BCUT2D eigenvalue weighted by molar-refractivity contribution is 5.72. The third-order valence-corrected chi connectivity index (χ3v) is 8.90. The van der Waals surface area contributed by atoms with Crippen LogP contribution in [0.2, 0.25) is 0 Å². The molecular formula is C45H78NO7+. The second-order valence-corrected chi connectivity index (χ2v) is 14.9. The molecule has 0 fully saturated rings. The van der Waals surface area contributed by atoms with Gasteiger partial charge in [-0.25, -0.2) is 4.79 Å². The van der Waals surface area contributed by atoms with Gasteiger partial charge in [0.2, 0.25) is 0 Å². The van der Waals surface area contributed by atoms with Crippen LogP contribution in [0.3, 0.4) is 0 Å². The van der Waals surface area contributed by atoms with E-state index in [-0.39, 0.29) is 42.7 Å². The Balaban J connectivity index is 4.32. The second kappa shape index (κ2) is 36.0. The first kappa shape index (κ1) is 50.0. The van der Waals surface area contributed by atoms with E-state index in [0.717, 1.165) is 70.6 Å². The lowest BCUT2D eigenvalue weighted by molar-refractivity contribution is -0.887. The van der Waals surface area contributed by atoms with Crippen molar-refractivity contribution in [2.24, 2.45) is 0 Å². The molecule has 0 heterocycles. The number of allylic oxidation sites excluding steroid dienone is 10. The van der Waals surface area contributed by atoms with Crippen molar-refractivity contribution in [1.82, 2.24) is 0 Å². The average Bonchev–Trinajstić information content (AvgIpc) is 3.11. The number of hydrogen-bond donors (Lipinski definition) is 1. The third-order valence-electron chi connectivity index (χ3n) is 8.90. The average molecular weight is 745 g/mol. The molecule has 0 amide bonds. The van der Waals surface area contributed by atoms with Crippen molar-refractivity contribution in [2.45, 2.75) is 167 Å². The Bertz CT molecular complexity index is 1050.